The summed E-state index contributed by atoms with van der Waals surface area (Å²) >= 11 is 6.36. The maximum absolute atomic E-state index is 14.9. The SMILES string of the molecule is O=C(Nc1cc(-c2cccc(NCC3CCOCC3)n2)c(Cl)cn1)C1(F)CCCNC1. The summed E-state index contributed by atoms with van der Waals surface area (Å²) in [6, 6.07) is 7.27. The number of hydrogen-bond donors (Lipinski definition) is 3. The van der Waals surface area contributed by atoms with E-state index in [9.17, 15) is 9.18 Å². The first kappa shape index (κ1) is 21.9. The van der Waals surface area contributed by atoms with Crippen LogP contribution >= 0.6 is 11.6 Å². The van der Waals surface area contributed by atoms with Crippen LogP contribution in [-0.4, -0.2) is 54.4 Å². The molecule has 31 heavy (non-hydrogen) atoms. The van der Waals surface area contributed by atoms with E-state index in [2.05, 4.69) is 25.9 Å². The number of ether oxygens (including phenoxy) is 1. The average Bonchev–Trinajstić information content (AvgIpc) is 2.80. The molecule has 0 spiro atoms. The molecule has 7 nitrogen and oxygen atoms in total. The standard InChI is InChI=1S/C22H27ClFN5O2/c23-17-13-27-20(29-21(30)22(24)7-2-8-25-14-22)11-16(17)18-3-1-4-19(28-18)26-12-15-5-9-31-10-6-15/h1,3-4,11,13,15,25H,2,5-10,12,14H2,(H,26,28)(H,27,29,30). The summed E-state index contributed by atoms with van der Waals surface area (Å²) < 4.78 is 20.3. The molecule has 0 radical (unpaired) electrons. The summed E-state index contributed by atoms with van der Waals surface area (Å²) in [5, 5.41) is 9.31. The van der Waals surface area contributed by atoms with Gasteiger partial charge in [-0.3, -0.25) is 4.79 Å². The van der Waals surface area contributed by atoms with E-state index in [0.29, 0.717) is 35.2 Å². The summed E-state index contributed by atoms with van der Waals surface area (Å²) in [5.74, 6) is 0.862. The van der Waals surface area contributed by atoms with E-state index in [1.165, 1.54) is 6.20 Å². The lowest BCUT2D eigenvalue weighted by molar-refractivity contribution is -0.128. The summed E-state index contributed by atoms with van der Waals surface area (Å²) in [7, 11) is 0. The van der Waals surface area contributed by atoms with Crippen LogP contribution in [0.15, 0.2) is 30.5 Å². The van der Waals surface area contributed by atoms with Crippen molar-refractivity contribution in [2.45, 2.75) is 31.4 Å². The highest BCUT2D eigenvalue weighted by atomic mass is 35.5. The molecule has 3 N–H and O–H groups in total. The van der Waals surface area contributed by atoms with Crippen LogP contribution in [0.4, 0.5) is 16.0 Å². The molecule has 2 aliphatic rings. The Balaban J connectivity index is 1.47. The number of rotatable bonds is 6. The van der Waals surface area contributed by atoms with Crippen molar-refractivity contribution in [2.24, 2.45) is 5.92 Å². The van der Waals surface area contributed by atoms with Crippen LogP contribution in [-0.2, 0) is 9.53 Å². The lowest BCUT2D eigenvalue weighted by Gasteiger charge is -2.28. The van der Waals surface area contributed by atoms with Gasteiger partial charge in [-0.25, -0.2) is 14.4 Å². The molecule has 166 valence electrons. The van der Waals surface area contributed by atoms with Gasteiger partial charge < -0.3 is 20.7 Å². The topological polar surface area (TPSA) is 88.2 Å². The minimum atomic E-state index is -1.94. The van der Waals surface area contributed by atoms with Gasteiger partial charge in [0.1, 0.15) is 11.6 Å². The van der Waals surface area contributed by atoms with Gasteiger partial charge >= 0.3 is 0 Å². The molecule has 1 amide bonds. The second-order valence-corrected chi connectivity index (χ2v) is 8.50. The Kier molecular flexibility index (Phi) is 6.99. The predicted molar refractivity (Wildman–Crippen MR) is 119 cm³/mol. The average molecular weight is 448 g/mol. The van der Waals surface area contributed by atoms with Crippen LogP contribution < -0.4 is 16.0 Å². The molecule has 4 heterocycles. The number of alkyl halides is 1. The fraction of sp³-hybridized carbons (Fsp3) is 0.500. The van der Waals surface area contributed by atoms with Crippen molar-refractivity contribution in [1.82, 2.24) is 15.3 Å². The first-order chi connectivity index (χ1) is 15.0. The Morgan fingerprint density at radius 2 is 2.16 bits per heavy atom. The summed E-state index contributed by atoms with van der Waals surface area (Å²) in [6.45, 7) is 3.15. The fourth-order valence-electron chi connectivity index (χ4n) is 3.88. The number of anilines is 2. The Hall–Kier alpha value is -2.29. The van der Waals surface area contributed by atoms with Crippen LogP contribution in [0.5, 0.6) is 0 Å². The zero-order valence-electron chi connectivity index (χ0n) is 17.3. The van der Waals surface area contributed by atoms with Crippen molar-refractivity contribution in [3.8, 4) is 11.3 Å². The van der Waals surface area contributed by atoms with Gasteiger partial charge in [-0.05, 0) is 56.3 Å². The third kappa shape index (κ3) is 5.50. The van der Waals surface area contributed by atoms with Gasteiger partial charge in [-0.2, -0.15) is 0 Å². The zero-order valence-corrected chi connectivity index (χ0v) is 18.1. The first-order valence-electron chi connectivity index (χ1n) is 10.7. The number of nitrogens with zero attached hydrogens (tertiary/aromatic N) is 2. The largest absolute Gasteiger partial charge is 0.381 e. The van der Waals surface area contributed by atoms with Gasteiger partial charge in [-0.15, -0.1) is 0 Å². The highest BCUT2D eigenvalue weighted by Gasteiger charge is 2.40. The van der Waals surface area contributed by atoms with Crippen LogP contribution in [0.25, 0.3) is 11.3 Å². The second-order valence-electron chi connectivity index (χ2n) is 8.09. The number of pyridine rings is 2. The van der Waals surface area contributed by atoms with E-state index in [-0.39, 0.29) is 18.8 Å². The van der Waals surface area contributed by atoms with Crippen molar-refractivity contribution < 1.29 is 13.9 Å². The van der Waals surface area contributed by atoms with Gasteiger partial charge in [0.15, 0.2) is 0 Å². The number of nitrogens with one attached hydrogen (secondary N) is 3. The number of carbonyl (C=O) groups is 1. The third-order valence-electron chi connectivity index (χ3n) is 5.77. The van der Waals surface area contributed by atoms with Crippen LogP contribution in [0.1, 0.15) is 25.7 Å². The number of aromatic nitrogens is 2. The highest BCUT2D eigenvalue weighted by molar-refractivity contribution is 6.33. The fourth-order valence-corrected chi connectivity index (χ4v) is 4.08. The molecule has 0 bridgehead atoms. The van der Waals surface area contributed by atoms with Crippen molar-refractivity contribution in [1.29, 1.82) is 0 Å². The predicted octanol–water partition coefficient (Wildman–Crippen LogP) is 3.67. The van der Waals surface area contributed by atoms with Gasteiger partial charge in [0.2, 0.25) is 5.67 Å². The molecule has 1 atom stereocenters. The summed E-state index contributed by atoms with van der Waals surface area (Å²) in [5.41, 5.74) is -0.670. The molecule has 2 fully saturated rings. The maximum atomic E-state index is 14.9. The molecule has 2 aromatic rings. The Bertz CT molecular complexity index is 917. The molecular formula is C22H27ClFN5O2. The van der Waals surface area contributed by atoms with E-state index in [1.807, 2.05) is 18.2 Å². The number of piperidine rings is 1. The number of carbonyl (C=O) groups excluding carboxylic acids is 1. The Morgan fingerprint density at radius 3 is 2.94 bits per heavy atom. The third-order valence-corrected chi connectivity index (χ3v) is 6.07. The summed E-state index contributed by atoms with van der Waals surface area (Å²) in [6.07, 6.45) is 4.32. The molecule has 2 aromatic heterocycles. The number of halogens is 2. The molecule has 0 aliphatic carbocycles. The van der Waals surface area contributed by atoms with E-state index in [1.54, 1.807) is 6.07 Å². The maximum Gasteiger partial charge on any atom is 0.264 e. The van der Waals surface area contributed by atoms with E-state index in [4.69, 9.17) is 16.3 Å². The van der Waals surface area contributed by atoms with Gasteiger partial charge in [-0.1, -0.05) is 17.7 Å². The summed E-state index contributed by atoms with van der Waals surface area (Å²) in [4.78, 5) is 21.3. The molecule has 0 saturated carbocycles. The Labute approximate surface area is 186 Å². The molecule has 2 saturated heterocycles. The molecular weight excluding hydrogens is 421 g/mol. The minimum Gasteiger partial charge on any atom is -0.381 e. The monoisotopic (exact) mass is 447 g/mol. The molecule has 2 aliphatic heterocycles. The van der Waals surface area contributed by atoms with Gasteiger partial charge in [0, 0.05) is 38.1 Å². The van der Waals surface area contributed by atoms with E-state index in [0.717, 1.165) is 38.4 Å². The van der Waals surface area contributed by atoms with Gasteiger partial charge in [0.25, 0.3) is 5.91 Å². The second kappa shape index (κ2) is 9.89. The lowest BCUT2D eigenvalue weighted by atomic mass is 9.95. The van der Waals surface area contributed by atoms with Crippen molar-refractivity contribution in [3.05, 3.63) is 35.5 Å². The van der Waals surface area contributed by atoms with Gasteiger partial charge in [0.05, 0.1) is 10.7 Å². The van der Waals surface area contributed by atoms with Crippen molar-refractivity contribution in [2.75, 3.05) is 43.5 Å². The van der Waals surface area contributed by atoms with E-state index < -0.39 is 11.6 Å². The van der Waals surface area contributed by atoms with Crippen LogP contribution in [0.3, 0.4) is 0 Å². The van der Waals surface area contributed by atoms with Crippen LogP contribution in [0, 0.1) is 5.92 Å². The number of amides is 1. The van der Waals surface area contributed by atoms with Crippen molar-refractivity contribution >= 4 is 29.1 Å². The quantitative estimate of drug-likeness (QED) is 0.626. The molecule has 9 heteroatoms. The normalized spacial score (nSPS) is 22.1. The molecule has 4 rings (SSSR count). The smallest absolute Gasteiger partial charge is 0.264 e. The molecule has 1 unspecified atom stereocenters. The first-order valence-corrected chi connectivity index (χ1v) is 11.1. The van der Waals surface area contributed by atoms with E-state index >= 15 is 0 Å². The highest BCUT2D eigenvalue weighted by Crippen LogP contribution is 2.30. The minimum absolute atomic E-state index is 0.00166. The van der Waals surface area contributed by atoms with Crippen LogP contribution in [0.2, 0.25) is 5.02 Å². The Morgan fingerprint density at radius 1 is 1.32 bits per heavy atom. The number of hydrogen-bond acceptors (Lipinski definition) is 6. The lowest BCUT2D eigenvalue weighted by Crippen LogP contribution is -2.50. The van der Waals surface area contributed by atoms with Crippen molar-refractivity contribution in [3.63, 3.8) is 0 Å². The molecule has 0 aromatic carbocycles. The zero-order chi connectivity index (χ0) is 21.7.